The molecule has 0 aromatic carbocycles. The van der Waals surface area contributed by atoms with Crippen LogP contribution in [-0.4, -0.2) is 12.2 Å². The Morgan fingerprint density at radius 2 is 2.07 bits per heavy atom. The Hall–Kier alpha value is -0.560. The van der Waals surface area contributed by atoms with Gasteiger partial charge in [0.1, 0.15) is 0 Å². The van der Waals surface area contributed by atoms with E-state index in [1.165, 1.54) is 29.6 Å². The van der Waals surface area contributed by atoms with Gasteiger partial charge in [-0.2, -0.15) is 0 Å². The molecule has 0 radical (unpaired) electrons. The molecular formula is C14H24O. The largest absolute Gasteiger partial charge is 0.367 e. The highest BCUT2D eigenvalue weighted by Crippen LogP contribution is 2.35. The minimum absolute atomic E-state index is 0.0196. The van der Waals surface area contributed by atoms with Gasteiger partial charge in [-0.15, -0.1) is 0 Å². The molecule has 1 unspecified atom stereocenters. The van der Waals surface area contributed by atoms with E-state index in [1.807, 2.05) is 0 Å². The summed E-state index contributed by atoms with van der Waals surface area (Å²) in [4.78, 5) is 0. The van der Waals surface area contributed by atoms with E-state index in [9.17, 15) is 0 Å². The minimum Gasteiger partial charge on any atom is -0.367 e. The highest BCUT2D eigenvalue weighted by molar-refractivity contribution is 5.23. The predicted octanol–water partition coefficient (Wildman–Crippen LogP) is 4.25. The summed E-state index contributed by atoms with van der Waals surface area (Å²) in [6.45, 7) is 11.6. The summed E-state index contributed by atoms with van der Waals surface area (Å²) in [7, 11) is 0. The molecule has 1 atom stereocenters. The van der Waals surface area contributed by atoms with E-state index in [0.29, 0.717) is 0 Å². The molecular weight excluding hydrogens is 184 g/mol. The van der Waals surface area contributed by atoms with Gasteiger partial charge in [0.05, 0.1) is 12.2 Å². The third-order valence-electron chi connectivity index (χ3n) is 3.53. The van der Waals surface area contributed by atoms with E-state index in [-0.39, 0.29) is 5.60 Å². The molecule has 0 spiro atoms. The molecule has 0 bridgehead atoms. The lowest BCUT2D eigenvalue weighted by Crippen LogP contribution is -2.33. The van der Waals surface area contributed by atoms with Gasteiger partial charge in [0.25, 0.3) is 0 Å². The van der Waals surface area contributed by atoms with Crippen molar-refractivity contribution in [2.24, 2.45) is 0 Å². The average Bonchev–Trinajstić information content (AvgIpc) is 2.14. The first kappa shape index (κ1) is 12.5. The van der Waals surface area contributed by atoms with E-state index >= 15 is 0 Å². The number of hydrogen-bond donors (Lipinski definition) is 0. The molecule has 1 heteroatoms. The standard InChI is InChI=1S/C14H24O/c1-11(2)8-10-15-14(5)9-6-7-12(3)13(14)4/h8H,6-7,9-10H2,1-5H3. The fourth-order valence-electron chi connectivity index (χ4n) is 2.09. The van der Waals surface area contributed by atoms with Crippen LogP contribution >= 0.6 is 0 Å². The van der Waals surface area contributed by atoms with Crippen molar-refractivity contribution in [3.63, 3.8) is 0 Å². The minimum atomic E-state index is -0.0196. The van der Waals surface area contributed by atoms with Crippen molar-refractivity contribution in [2.45, 2.75) is 59.5 Å². The first-order valence-electron chi connectivity index (χ1n) is 5.90. The molecule has 1 rings (SSSR count). The van der Waals surface area contributed by atoms with Crippen LogP contribution in [-0.2, 0) is 4.74 Å². The van der Waals surface area contributed by atoms with Crippen molar-refractivity contribution in [3.8, 4) is 0 Å². The lowest BCUT2D eigenvalue weighted by atomic mass is 9.81. The van der Waals surface area contributed by atoms with Crippen molar-refractivity contribution in [1.82, 2.24) is 0 Å². The summed E-state index contributed by atoms with van der Waals surface area (Å²) >= 11 is 0. The maximum absolute atomic E-state index is 6.03. The second-order valence-electron chi connectivity index (χ2n) is 5.08. The van der Waals surface area contributed by atoms with Gasteiger partial charge in [0.2, 0.25) is 0 Å². The van der Waals surface area contributed by atoms with Gasteiger partial charge in [0, 0.05) is 0 Å². The molecule has 1 aliphatic carbocycles. The van der Waals surface area contributed by atoms with Gasteiger partial charge < -0.3 is 4.74 Å². The molecule has 0 saturated heterocycles. The number of allylic oxidation sites excluding steroid dienone is 2. The molecule has 0 aromatic heterocycles. The molecule has 0 heterocycles. The molecule has 1 aliphatic rings. The van der Waals surface area contributed by atoms with Crippen molar-refractivity contribution in [1.29, 1.82) is 0 Å². The van der Waals surface area contributed by atoms with Crippen molar-refractivity contribution < 1.29 is 4.74 Å². The van der Waals surface area contributed by atoms with Gasteiger partial charge in [-0.1, -0.05) is 17.2 Å². The van der Waals surface area contributed by atoms with E-state index < -0.39 is 0 Å². The van der Waals surface area contributed by atoms with E-state index in [4.69, 9.17) is 4.74 Å². The molecule has 0 aromatic rings. The molecule has 0 N–H and O–H groups in total. The summed E-state index contributed by atoms with van der Waals surface area (Å²) < 4.78 is 6.03. The van der Waals surface area contributed by atoms with Crippen molar-refractivity contribution in [3.05, 3.63) is 22.8 Å². The van der Waals surface area contributed by atoms with E-state index in [0.717, 1.165) is 13.0 Å². The Bertz CT molecular complexity index is 282. The van der Waals surface area contributed by atoms with Crippen molar-refractivity contribution >= 4 is 0 Å². The second-order valence-corrected chi connectivity index (χ2v) is 5.08. The van der Waals surface area contributed by atoms with Crippen LogP contribution in [0.2, 0.25) is 0 Å². The molecule has 0 amide bonds. The molecule has 0 fully saturated rings. The van der Waals surface area contributed by atoms with Gasteiger partial charge >= 0.3 is 0 Å². The van der Waals surface area contributed by atoms with Gasteiger partial charge in [-0.3, -0.25) is 0 Å². The topological polar surface area (TPSA) is 9.23 Å². The zero-order chi connectivity index (χ0) is 11.5. The SMILES string of the molecule is CC(C)=CCOC1(C)CCCC(C)=C1C. The zero-order valence-electron chi connectivity index (χ0n) is 10.8. The van der Waals surface area contributed by atoms with E-state index in [1.54, 1.807) is 0 Å². The van der Waals surface area contributed by atoms with Crippen LogP contribution in [0.4, 0.5) is 0 Å². The molecule has 0 saturated carbocycles. The Kier molecular flexibility index (Phi) is 4.15. The summed E-state index contributed by atoms with van der Waals surface area (Å²) in [6, 6.07) is 0. The first-order chi connectivity index (χ1) is 6.96. The maximum Gasteiger partial charge on any atom is 0.0867 e. The molecule has 0 aliphatic heterocycles. The first-order valence-corrected chi connectivity index (χ1v) is 5.90. The molecule has 86 valence electrons. The van der Waals surface area contributed by atoms with Gasteiger partial charge in [0.15, 0.2) is 0 Å². The number of hydrogen-bond acceptors (Lipinski definition) is 1. The third-order valence-corrected chi connectivity index (χ3v) is 3.53. The van der Waals surface area contributed by atoms with Crippen LogP contribution in [0.1, 0.15) is 53.9 Å². The van der Waals surface area contributed by atoms with Crippen LogP contribution in [0.25, 0.3) is 0 Å². The Balaban J connectivity index is 2.66. The highest BCUT2D eigenvalue weighted by atomic mass is 16.5. The summed E-state index contributed by atoms with van der Waals surface area (Å²) in [6.07, 6.45) is 5.82. The Morgan fingerprint density at radius 3 is 2.67 bits per heavy atom. The second kappa shape index (κ2) is 4.98. The predicted molar refractivity (Wildman–Crippen MR) is 66.0 cm³/mol. The monoisotopic (exact) mass is 208 g/mol. The van der Waals surface area contributed by atoms with Crippen LogP contribution in [0.3, 0.4) is 0 Å². The quantitative estimate of drug-likeness (QED) is 0.630. The van der Waals surface area contributed by atoms with Crippen LogP contribution in [0.5, 0.6) is 0 Å². The normalized spacial score (nSPS) is 26.7. The van der Waals surface area contributed by atoms with Gasteiger partial charge in [-0.05, 0) is 59.5 Å². The number of ether oxygens (including phenoxy) is 1. The lowest BCUT2D eigenvalue weighted by Gasteiger charge is -2.36. The fourth-order valence-corrected chi connectivity index (χ4v) is 2.09. The van der Waals surface area contributed by atoms with E-state index in [2.05, 4.69) is 40.7 Å². The fraction of sp³-hybridized carbons (Fsp3) is 0.714. The Labute approximate surface area is 94.2 Å². The number of rotatable bonds is 3. The van der Waals surface area contributed by atoms with Crippen LogP contribution in [0.15, 0.2) is 22.8 Å². The smallest absolute Gasteiger partial charge is 0.0867 e. The third kappa shape index (κ3) is 3.20. The highest BCUT2D eigenvalue weighted by Gasteiger charge is 2.30. The molecule has 1 nitrogen and oxygen atoms in total. The lowest BCUT2D eigenvalue weighted by molar-refractivity contribution is 0.000828. The maximum atomic E-state index is 6.03. The summed E-state index contributed by atoms with van der Waals surface area (Å²) in [5.41, 5.74) is 4.26. The Morgan fingerprint density at radius 1 is 1.40 bits per heavy atom. The zero-order valence-corrected chi connectivity index (χ0v) is 10.8. The average molecular weight is 208 g/mol. The molecule has 15 heavy (non-hydrogen) atoms. The summed E-state index contributed by atoms with van der Waals surface area (Å²) in [5, 5.41) is 0. The van der Waals surface area contributed by atoms with Crippen LogP contribution in [0, 0.1) is 0 Å². The van der Waals surface area contributed by atoms with Crippen LogP contribution < -0.4 is 0 Å². The summed E-state index contributed by atoms with van der Waals surface area (Å²) in [5.74, 6) is 0. The van der Waals surface area contributed by atoms with Crippen molar-refractivity contribution in [2.75, 3.05) is 6.61 Å². The van der Waals surface area contributed by atoms with Gasteiger partial charge in [-0.25, -0.2) is 0 Å².